The molecule has 33 heavy (non-hydrogen) atoms. The number of rotatable bonds is 8. The summed E-state index contributed by atoms with van der Waals surface area (Å²) in [6, 6.07) is 16.0. The highest BCUT2D eigenvalue weighted by molar-refractivity contribution is 5.98. The van der Waals surface area contributed by atoms with Gasteiger partial charge in [0.2, 0.25) is 5.91 Å². The molecule has 0 aliphatic carbocycles. The van der Waals surface area contributed by atoms with Crippen LogP contribution in [0, 0.1) is 19.8 Å². The highest BCUT2D eigenvalue weighted by Gasteiger charge is 2.36. The van der Waals surface area contributed by atoms with Gasteiger partial charge in [0, 0.05) is 51.0 Å². The standard InChI is InChI=1S/C27H33N3O3/c1-19-8-7-9-20(2)26(19)27(32)30-16-22-14-29(15-23(22)17-30)13-12-24(28-25(31)18-33-3)21-10-5-4-6-11-21/h4-11,16,23-24H,12-15,17-18H2,1-3H3,(H,28,31)/t23?,24-/m0/s1. The third kappa shape index (κ3) is 5.34. The van der Waals surface area contributed by atoms with Crippen LogP contribution in [0.25, 0.3) is 0 Å². The molecular weight excluding hydrogens is 414 g/mol. The lowest BCUT2D eigenvalue weighted by Gasteiger charge is -2.24. The Kier molecular flexibility index (Phi) is 7.26. The largest absolute Gasteiger partial charge is 0.375 e. The maximum atomic E-state index is 13.1. The summed E-state index contributed by atoms with van der Waals surface area (Å²) in [5, 5.41) is 3.10. The predicted molar refractivity (Wildman–Crippen MR) is 129 cm³/mol. The molecule has 0 saturated carbocycles. The minimum absolute atomic E-state index is 0.0506. The molecule has 6 nitrogen and oxygen atoms in total. The first-order chi connectivity index (χ1) is 16.0. The first kappa shape index (κ1) is 23.2. The van der Waals surface area contributed by atoms with E-state index in [1.807, 2.05) is 55.1 Å². The normalized spacial score (nSPS) is 18.7. The molecule has 2 atom stereocenters. The summed E-state index contributed by atoms with van der Waals surface area (Å²) in [6.07, 6.45) is 2.89. The van der Waals surface area contributed by atoms with Crippen molar-refractivity contribution in [2.24, 2.45) is 5.92 Å². The maximum absolute atomic E-state index is 13.1. The zero-order valence-electron chi connectivity index (χ0n) is 19.7. The second-order valence-electron chi connectivity index (χ2n) is 9.11. The number of carbonyl (C=O) groups is 2. The Hall–Kier alpha value is -2.96. The molecule has 2 aliphatic rings. The summed E-state index contributed by atoms with van der Waals surface area (Å²) in [4.78, 5) is 29.6. The molecule has 1 N–H and O–H groups in total. The number of benzene rings is 2. The van der Waals surface area contributed by atoms with Crippen molar-refractivity contribution in [2.75, 3.05) is 39.9 Å². The van der Waals surface area contributed by atoms with Crippen molar-refractivity contribution < 1.29 is 14.3 Å². The number of aryl methyl sites for hydroxylation is 2. The van der Waals surface area contributed by atoms with Crippen molar-refractivity contribution in [2.45, 2.75) is 26.3 Å². The Morgan fingerprint density at radius 1 is 1.06 bits per heavy atom. The minimum Gasteiger partial charge on any atom is -0.375 e. The molecule has 2 aliphatic heterocycles. The summed E-state index contributed by atoms with van der Waals surface area (Å²) in [6.45, 7) is 7.49. The van der Waals surface area contributed by atoms with Crippen molar-refractivity contribution in [3.63, 3.8) is 0 Å². The third-order valence-electron chi connectivity index (χ3n) is 6.65. The van der Waals surface area contributed by atoms with Gasteiger partial charge in [-0.05, 0) is 42.5 Å². The fourth-order valence-electron chi connectivity index (χ4n) is 4.99. The lowest BCUT2D eigenvalue weighted by atomic mass is 10.0. The number of methoxy groups -OCH3 is 1. The van der Waals surface area contributed by atoms with Crippen LogP contribution in [0.4, 0.5) is 0 Å². The number of ether oxygens (including phenoxy) is 1. The van der Waals surface area contributed by atoms with Crippen LogP contribution in [0.3, 0.4) is 0 Å². The lowest BCUT2D eigenvalue weighted by molar-refractivity contribution is -0.125. The Labute approximate surface area is 196 Å². The fourth-order valence-corrected chi connectivity index (χ4v) is 4.99. The topological polar surface area (TPSA) is 61.9 Å². The van der Waals surface area contributed by atoms with Gasteiger partial charge >= 0.3 is 0 Å². The number of fused-ring (bicyclic) bond motifs is 1. The molecule has 0 spiro atoms. The quantitative estimate of drug-likeness (QED) is 0.673. The molecule has 0 bridgehead atoms. The summed E-state index contributed by atoms with van der Waals surface area (Å²) >= 11 is 0. The van der Waals surface area contributed by atoms with Crippen LogP contribution >= 0.6 is 0 Å². The lowest BCUT2D eigenvalue weighted by Crippen LogP contribution is -2.35. The van der Waals surface area contributed by atoms with E-state index in [9.17, 15) is 9.59 Å². The number of nitrogens with zero attached hydrogens (tertiary/aromatic N) is 2. The number of hydrogen-bond donors (Lipinski definition) is 1. The van der Waals surface area contributed by atoms with Crippen molar-refractivity contribution in [1.29, 1.82) is 0 Å². The summed E-state index contributed by atoms with van der Waals surface area (Å²) in [7, 11) is 1.53. The van der Waals surface area contributed by atoms with Crippen LogP contribution in [0.5, 0.6) is 0 Å². The molecule has 4 rings (SSSR count). The van der Waals surface area contributed by atoms with E-state index in [1.54, 1.807) is 0 Å². The average Bonchev–Trinajstić information content (AvgIpc) is 3.36. The smallest absolute Gasteiger partial charge is 0.258 e. The monoisotopic (exact) mass is 447 g/mol. The van der Waals surface area contributed by atoms with Crippen LogP contribution in [-0.4, -0.2) is 61.5 Å². The first-order valence-corrected chi connectivity index (χ1v) is 11.6. The molecule has 1 fully saturated rings. The molecule has 1 unspecified atom stereocenters. The van der Waals surface area contributed by atoms with Crippen LogP contribution < -0.4 is 5.32 Å². The van der Waals surface area contributed by atoms with Gasteiger partial charge in [-0.25, -0.2) is 0 Å². The average molecular weight is 448 g/mol. The van der Waals surface area contributed by atoms with Crippen LogP contribution in [0.1, 0.15) is 39.5 Å². The highest BCUT2D eigenvalue weighted by atomic mass is 16.5. The molecule has 2 aromatic rings. The van der Waals surface area contributed by atoms with Gasteiger partial charge in [0.15, 0.2) is 0 Å². The molecule has 0 radical (unpaired) electrons. The van der Waals surface area contributed by atoms with E-state index < -0.39 is 0 Å². The van der Waals surface area contributed by atoms with Gasteiger partial charge in [-0.1, -0.05) is 48.5 Å². The second-order valence-corrected chi connectivity index (χ2v) is 9.11. The Morgan fingerprint density at radius 2 is 1.79 bits per heavy atom. The van der Waals surface area contributed by atoms with Gasteiger partial charge in [-0.2, -0.15) is 0 Å². The Morgan fingerprint density at radius 3 is 2.45 bits per heavy atom. The summed E-state index contributed by atoms with van der Waals surface area (Å²) in [5.74, 6) is 0.383. The van der Waals surface area contributed by atoms with E-state index in [0.29, 0.717) is 5.92 Å². The number of likely N-dealkylation sites (tertiary alicyclic amines) is 1. The molecule has 174 valence electrons. The molecule has 1 saturated heterocycles. The van der Waals surface area contributed by atoms with Gasteiger partial charge in [0.05, 0.1) is 6.04 Å². The molecule has 0 aromatic heterocycles. The maximum Gasteiger partial charge on any atom is 0.258 e. The predicted octanol–water partition coefficient (Wildman–Crippen LogP) is 3.47. The zero-order valence-corrected chi connectivity index (χ0v) is 19.7. The van der Waals surface area contributed by atoms with E-state index >= 15 is 0 Å². The van der Waals surface area contributed by atoms with Crippen molar-refractivity contribution in [3.05, 3.63) is 82.6 Å². The number of carbonyl (C=O) groups excluding carboxylic acids is 2. The SMILES string of the molecule is COCC(=O)N[C@@H](CCN1CC2=CN(C(=O)c3c(C)cccc3C)CC2C1)c1ccccc1. The van der Waals surface area contributed by atoms with Gasteiger partial charge in [0.1, 0.15) is 6.61 Å². The Bertz CT molecular complexity index is 1010. The highest BCUT2D eigenvalue weighted by Crippen LogP contribution is 2.32. The van der Waals surface area contributed by atoms with E-state index in [4.69, 9.17) is 4.74 Å². The number of nitrogens with one attached hydrogen (secondary N) is 1. The minimum atomic E-state index is -0.104. The van der Waals surface area contributed by atoms with Gasteiger partial charge < -0.3 is 15.0 Å². The molecule has 6 heteroatoms. The van der Waals surface area contributed by atoms with Crippen LogP contribution in [0.15, 0.2) is 60.3 Å². The van der Waals surface area contributed by atoms with Crippen molar-refractivity contribution in [1.82, 2.24) is 15.1 Å². The van der Waals surface area contributed by atoms with Gasteiger partial charge in [0.25, 0.3) is 5.91 Å². The van der Waals surface area contributed by atoms with Crippen molar-refractivity contribution in [3.8, 4) is 0 Å². The van der Waals surface area contributed by atoms with E-state index in [-0.39, 0.29) is 24.5 Å². The van der Waals surface area contributed by atoms with Gasteiger partial charge in [-0.15, -0.1) is 0 Å². The fraction of sp³-hybridized carbons (Fsp3) is 0.407. The van der Waals surface area contributed by atoms with E-state index in [2.05, 4.69) is 28.5 Å². The van der Waals surface area contributed by atoms with E-state index in [0.717, 1.165) is 54.9 Å². The molecule has 2 heterocycles. The van der Waals surface area contributed by atoms with Crippen LogP contribution in [0.2, 0.25) is 0 Å². The summed E-state index contributed by atoms with van der Waals surface area (Å²) in [5.41, 5.74) is 5.31. The molecular formula is C27H33N3O3. The van der Waals surface area contributed by atoms with E-state index in [1.165, 1.54) is 12.7 Å². The van der Waals surface area contributed by atoms with Gasteiger partial charge in [-0.3, -0.25) is 14.5 Å². The van der Waals surface area contributed by atoms with Crippen LogP contribution in [-0.2, 0) is 9.53 Å². The number of amides is 2. The zero-order chi connectivity index (χ0) is 23.4. The Balaban J connectivity index is 1.37. The van der Waals surface area contributed by atoms with Crippen molar-refractivity contribution >= 4 is 11.8 Å². The number of hydrogen-bond acceptors (Lipinski definition) is 4. The molecule has 2 aromatic carbocycles. The first-order valence-electron chi connectivity index (χ1n) is 11.6. The second kappa shape index (κ2) is 10.3. The molecule has 2 amide bonds. The summed E-state index contributed by atoms with van der Waals surface area (Å²) < 4.78 is 4.98. The third-order valence-corrected chi connectivity index (χ3v) is 6.65.